The smallest absolute Gasteiger partial charge is 0.203 e. The van der Waals surface area contributed by atoms with E-state index in [1.54, 1.807) is 11.3 Å². The zero-order valence-corrected chi connectivity index (χ0v) is 14.6. The fourth-order valence-electron chi connectivity index (χ4n) is 2.79. The number of nitrogens with one attached hydrogen (secondary N) is 1. The van der Waals surface area contributed by atoms with Gasteiger partial charge in [0.05, 0.1) is 11.9 Å². The third-order valence-electron chi connectivity index (χ3n) is 4.12. The van der Waals surface area contributed by atoms with E-state index in [-0.39, 0.29) is 0 Å². The first-order chi connectivity index (χ1) is 12.3. The molecule has 0 aliphatic heterocycles. The van der Waals surface area contributed by atoms with E-state index in [1.807, 2.05) is 29.8 Å². The minimum absolute atomic E-state index is 0.785. The molecule has 1 heterocycles. The van der Waals surface area contributed by atoms with E-state index < -0.39 is 0 Å². The first-order valence-corrected chi connectivity index (χ1v) is 8.97. The van der Waals surface area contributed by atoms with Gasteiger partial charge in [-0.05, 0) is 23.3 Å². The summed E-state index contributed by atoms with van der Waals surface area (Å²) in [5, 5.41) is 9.65. The molecule has 1 aromatic heterocycles. The fourth-order valence-corrected chi connectivity index (χ4v) is 3.46. The van der Waals surface area contributed by atoms with Crippen molar-refractivity contribution in [1.82, 2.24) is 4.98 Å². The lowest BCUT2D eigenvalue weighted by atomic mass is 10.0. The van der Waals surface area contributed by atoms with Gasteiger partial charge in [0.1, 0.15) is 0 Å². The maximum absolute atomic E-state index is 4.59. The Morgan fingerprint density at radius 3 is 2.64 bits per heavy atom. The van der Waals surface area contributed by atoms with Crippen LogP contribution in [0.25, 0.3) is 22.0 Å². The van der Waals surface area contributed by atoms with Crippen molar-refractivity contribution in [3.63, 3.8) is 0 Å². The van der Waals surface area contributed by atoms with Crippen molar-refractivity contribution in [3.05, 3.63) is 83.2 Å². The van der Waals surface area contributed by atoms with Crippen molar-refractivity contribution in [2.75, 3.05) is 5.43 Å². The molecule has 4 heteroatoms. The summed E-state index contributed by atoms with van der Waals surface area (Å²) < 4.78 is 0. The topological polar surface area (TPSA) is 37.3 Å². The largest absolute Gasteiger partial charge is 0.253 e. The Labute approximate surface area is 150 Å². The molecule has 3 nitrogen and oxygen atoms in total. The van der Waals surface area contributed by atoms with E-state index in [1.165, 1.54) is 16.3 Å². The summed E-state index contributed by atoms with van der Waals surface area (Å²) in [4.78, 5) is 4.59. The maximum atomic E-state index is 4.59. The van der Waals surface area contributed by atoms with Crippen LogP contribution in [0, 0.1) is 6.92 Å². The van der Waals surface area contributed by atoms with Crippen molar-refractivity contribution < 1.29 is 0 Å². The molecule has 0 aliphatic rings. The molecule has 0 amide bonds. The quantitative estimate of drug-likeness (QED) is 0.380. The number of fused-ring (bicyclic) bond motifs is 1. The van der Waals surface area contributed by atoms with Gasteiger partial charge >= 0.3 is 0 Å². The van der Waals surface area contributed by atoms with Gasteiger partial charge < -0.3 is 0 Å². The molecule has 0 atom stereocenters. The van der Waals surface area contributed by atoms with Crippen LogP contribution in [-0.4, -0.2) is 11.2 Å². The Bertz CT molecular complexity index is 1040. The number of aryl methyl sites for hydroxylation is 1. The lowest BCUT2D eigenvalue weighted by molar-refractivity contribution is 1.29. The highest BCUT2D eigenvalue weighted by atomic mass is 32.1. The number of aromatic nitrogens is 1. The zero-order valence-electron chi connectivity index (χ0n) is 13.8. The van der Waals surface area contributed by atoms with Gasteiger partial charge in [-0.25, -0.2) is 4.98 Å². The average molecular weight is 343 g/mol. The van der Waals surface area contributed by atoms with Gasteiger partial charge in [0.2, 0.25) is 5.13 Å². The SMILES string of the molecule is Cc1ccc2ccccc2c1C=NNc1nc(-c2ccccc2)cs1. The maximum Gasteiger partial charge on any atom is 0.203 e. The lowest BCUT2D eigenvalue weighted by Crippen LogP contribution is -1.94. The van der Waals surface area contributed by atoms with Crippen LogP contribution in [0.5, 0.6) is 0 Å². The van der Waals surface area contributed by atoms with Crippen molar-refractivity contribution in [2.45, 2.75) is 6.92 Å². The van der Waals surface area contributed by atoms with Gasteiger partial charge in [0.15, 0.2) is 0 Å². The summed E-state index contributed by atoms with van der Waals surface area (Å²) in [7, 11) is 0. The summed E-state index contributed by atoms with van der Waals surface area (Å²) in [5.74, 6) is 0. The summed E-state index contributed by atoms with van der Waals surface area (Å²) in [6, 6.07) is 22.8. The number of hydrogen-bond donors (Lipinski definition) is 1. The Kier molecular flexibility index (Phi) is 4.27. The lowest BCUT2D eigenvalue weighted by Gasteiger charge is -2.05. The highest BCUT2D eigenvalue weighted by Crippen LogP contribution is 2.25. The van der Waals surface area contributed by atoms with E-state index in [4.69, 9.17) is 0 Å². The third kappa shape index (κ3) is 3.30. The van der Waals surface area contributed by atoms with Crippen molar-refractivity contribution in [2.24, 2.45) is 5.10 Å². The molecule has 0 aliphatic carbocycles. The summed E-state index contributed by atoms with van der Waals surface area (Å²) in [6.07, 6.45) is 1.88. The number of rotatable bonds is 4. The van der Waals surface area contributed by atoms with Gasteiger partial charge in [-0.3, -0.25) is 5.43 Å². The second-order valence-corrected chi connectivity index (χ2v) is 6.65. The summed E-state index contributed by atoms with van der Waals surface area (Å²) in [5.41, 5.74) is 7.46. The minimum atomic E-state index is 0.785. The molecule has 3 aromatic carbocycles. The van der Waals surface area contributed by atoms with Crippen molar-refractivity contribution in [3.8, 4) is 11.3 Å². The van der Waals surface area contributed by atoms with Gasteiger partial charge in [-0.1, -0.05) is 66.7 Å². The molecule has 0 spiro atoms. The van der Waals surface area contributed by atoms with Crippen LogP contribution in [0.2, 0.25) is 0 Å². The number of nitrogens with zero attached hydrogens (tertiary/aromatic N) is 2. The van der Waals surface area contributed by atoms with E-state index in [0.29, 0.717) is 0 Å². The van der Waals surface area contributed by atoms with Crippen LogP contribution in [0.3, 0.4) is 0 Å². The number of benzene rings is 3. The second kappa shape index (κ2) is 6.87. The molecular formula is C21H17N3S. The Morgan fingerprint density at radius 1 is 0.960 bits per heavy atom. The van der Waals surface area contributed by atoms with Crippen LogP contribution in [-0.2, 0) is 0 Å². The van der Waals surface area contributed by atoms with Crippen LogP contribution in [0.4, 0.5) is 5.13 Å². The zero-order chi connectivity index (χ0) is 17.1. The number of thiazole rings is 1. The molecule has 25 heavy (non-hydrogen) atoms. The second-order valence-electron chi connectivity index (χ2n) is 5.79. The molecule has 1 N–H and O–H groups in total. The summed E-state index contributed by atoms with van der Waals surface area (Å²) >= 11 is 1.55. The van der Waals surface area contributed by atoms with Crippen LogP contribution >= 0.6 is 11.3 Å². The van der Waals surface area contributed by atoms with Gasteiger partial charge in [0, 0.05) is 16.5 Å². The molecule has 0 saturated heterocycles. The van der Waals surface area contributed by atoms with Crippen LogP contribution in [0.15, 0.2) is 77.2 Å². The predicted molar refractivity (Wildman–Crippen MR) is 107 cm³/mol. The number of hydrogen-bond acceptors (Lipinski definition) is 4. The van der Waals surface area contributed by atoms with Gasteiger partial charge in [-0.2, -0.15) is 5.10 Å². The molecule has 4 aromatic rings. The van der Waals surface area contributed by atoms with E-state index in [2.05, 4.69) is 71.0 Å². The minimum Gasteiger partial charge on any atom is -0.253 e. The highest BCUT2D eigenvalue weighted by molar-refractivity contribution is 7.14. The van der Waals surface area contributed by atoms with Gasteiger partial charge in [0.25, 0.3) is 0 Å². The predicted octanol–water partition coefficient (Wildman–Crippen LogP) is 5.72. The van der Waals surface area contributed by atoms with Crippen molar-refractivity contribution >= 4 is 33.5 Å². The molecule has 4 rings (SSSR count). The third-order valence-corrected chi connectivity index (χ3v) is 4.86. The average Bonchev–Trinajstić information content (AvgIpc) is 3.13. The normalized spacial score (nSPS) is 11.2. The first-order valence-electron chi connectivity index (χ1n) is 8.09. The van der Waals surface area contributed by atoms with E-state index in [9.17, 15) is 0 Å². The number of hydrazone groups is 1. The fraction of sp³-hybridized carbons (Fsp3) is 0.0476. The standard InChI is InChI=1S/C21H17N3S/c1-15-11-12-16-7-5-6-10-18(16)19(15)13-22-24-21-23-20(14-25-21)17-8-3-2-4-9-17/h2-14H,1H3,(H,23,24). The molecule has 0 saturated carbocycles. The van der Waals surface area contributed by atoms with Crippen molar-refractivity contribution in [1.29, 1.82) is 0 Å². The Morgan fingerprint density at radius 2 is 1.76 bits per heavy atom. The monoisotopic (exact) mass is 343 g/mol. The first kappa shape index (κ1) is 15.5. The van der Waals surface area contributed by atoms with Gasteiger partial charge in [-0.15, -0.1) is 11.3 Å². The van der Waals surface area contributed by atoms with Crippen LogP contribution in [0.1, 0.15) is 11.1 Å². The highest BCUT2D eigenvalue weighted by Gasteiger charge is 2.04. The molecule has 0 fully saturated rings. The molecule has 0 unspecified atom stereocenters. The molecular weight excluding hydrogens is 326 g/mol. The Hall–Kier alpha value is -2.98. The van der Waals surface area contributed by atoms with Crippen LogP contribution < -0.4 is 5.43 Å². The molecule has 122 valence electrons. The number of anilines is 1. The van der Waals surface area contributed by atoms with E-state index >= 15 is 0 Å². The molecule has 0 radical (unpaired) electrons. The van der Waals surface area contributed by atoms with E-state index in [0.717, 1.165) is 22.0 Å². The molecule has 0 bridgehead atoms. The summed E-state index contributed by atoms with van der Waals surface area (Å²) in [6.45, 7) is 2.10. The Balaban J connectivity index is 1.56.